The Morgan fingerprint density at radius 1 is 0.903 bits per heavy atom. The molecule has 6 nitrogen and oxygen atoms in total. The Labute approximate surface area is 180 Å². The van der Waals surface area contributed by atoms with Crippen LogP contribution in [0.4, 0.5) is 5.69 Å². The van der Waals surface area contributed by atoms with Crippen molar-refractivity contribution < 1.29 is 19.2 Å². The molecule has 0 spiro atoms. The van der Waals surface area contributed by atoms with Gasteiger partial charge in [-0.2, -0.15) is 0 Å². The summed E-state index contributed by atoms with van der Waals surface area (Å²) in [4.78, 5) is 36.0. The summed E-state index contributed by atoms with van der Waals surface area (Å²) in [7, 11) is 0. The van der Waals surface area contributed by atoms with Gasteiger partial charge in [-0.15, -0.1) is 0 Å². The first-order valence-corrected chi connectivity index (χ1v) is 10.1. The highest BCUT2D eigenvalue weighted by molar-refractivity contribution is 6.02. The standard InChI is InChI=1S/C25H23NO5/c1-2-3-12-23(31-25(28)21-10-7-11-22(17-21)26(29)30)24(27)20-15-13-19(14-16-20)18-8-5-4-6-9-18/h4-11,13-17,23H,2-3,12H2,1H3/t23-/m1/s1. The minimum absolute atomic E-state index is 0.0444. The van der Waals surface area contributed by atoms with Gasteiger partial charge in [-0.25, -0.2) is 4.79 Å². The van der Waals surface area contributed by atoms with Crippen molar-refractivity contribution in [3.63, 3.8) is 0 Å². The molecule has 0 saturated heterocycles. The number of hydrogen-bond acceptors (Lipinski definition) is 5. The molecule has 1 atom stereocenters. The molecule has 0 fully saturated rings. The van der Waals surface area contributed by atoms with Crippen molar-refractivity contribution in [3.05, 3.63) is 100 Å². The van der Waals surface area contributed by atoms with Gasteiger partial charge in [-0.1, -0.05) is 74.0 Å². The number of carbonyl (C=O) groups is 2. The fraction of sp³-hybridized carbons (Fsp3) is 0.200. The molecule has 0 saturated carbocycles. The van der Waals surface area contributed by atoms with Gasteiger partial charge in [0.15, 0.2) is 6.10 Å². The van der Waals surface area contributed by atoms with Crippen molar-refractivity contribution in [2.24, 2.45) is 0 Å². The zero-order valence-electron chi connectivity index (χ0n) is 17.2. The van der Waals surface area contributed by atoms with Crippen LogP contribution < -0.4 is 0 Å². The SMILES string of the molecule is CCCC[C@@H](OC(=O)c1cccc([N+](=O)[O-])c1)C(=O)c1ccc(-c2ccccc2)cc1. The van der Waals surface area contributed by atoms with Crippen LogP contribution in [-0.4, -0.2) is 22.8 Å². The molecule has 0 aromatic heterocycles. The van der Waals surface area contributed by atoms with Crippen LogP contribution in [0, 0.1) is 10.1 Å². The topological polar surface area (TPSA) is 86.5 Å². The van der Waals surface area contributed by atoms with E-state index in [-0.39, 0.29) is 17.0 Å². The molecule has 0 aliphatic heterocycles. The smallest absolute Gasteiger partial charge is 0.339 e. The Bertz CT molecular complexity index is 1060. The lowest BCUT2D eigenvalue weighted by Gasteiger charge is -2.17. The lowest BCUT2D eigenvalue weighted by atomic mass is 9.98. The molecule has 0 aliphatic carbocycles. The van der Waals surface area contributed by atoms with Crippen LogP contribution in [0.15, 0.2) is 78.9 Å². The second kappa shape index (κ2) is 10.3. The number of nitrogens with zero attached hydrogens (tertiary/aromatic N) is 1. The normalized spacial score (nSPS) is 11.5. The molecule has 0 bridgehead atoms. The monoisotopic (exact) mass is 417 g/mol. The van der Waals surface area contributed by atoms with Crippen molar-refractivity contribution in [2.45, 2.75) is 32.3 Å². The number of carbonyl (C=O) groups excluding carboxylic acids is 2. The van der Waals surface area contributed by atoms with Crippen LogP contribution in [0.1, 0.15) is 46.9 Å². The number of non-ortho nitro benzene ring substituents is 1. The highest BCUT2D eigenvalue weighted by Gasteiger charge is 2.25. The van der Waals surface area contributed by atoms with E-state index >= 15 is 0 Å². The summed E-state index contributed by atoms with van der Waals surface area (Å²) in [6.07, 6.45) is 0.983. The first-order chi connectivity index (χ1) is 15.0. The molecule has 31 heavy (non-hydrogen) atoms. The zero-order valence-corrected chi connectivity index (χ0v) is 17.2. The van der Waals surface area contributed by atoms with Crippen LogP contribution in [0.5, 0.6) is 0 Å². The number of nitro benzene ring substituents is 1. The number of esters is 1. The molecule has 3 aromatic carbocycles. The number of rotatable bonds is 9. The van der Waals surface area contributed by atoms with E-state index in [9.17, 15) is 19.7 Å². The fourth-order valence-electron chi connectivity index (χ4n) is 3.22. The number of nitro groups is 1. The van der Waals surface area contributed by atoms with Crippen LogP contribution >= 0.6 is 0 Å². The number of ether oxygens (including phenoxy) is 1. The van der Waals surface area contributed by atoms with Gasteiger partial charge >= 0.3 is 5.97 Å². The summed E-state index contributed by atoms with van der Waals surface area (Å²) >= 11 is 0. The van der Waals surface area contributed by atoms with Gasteiger partial charge in [-0.3, -0.25) is 14.9 Å². The maximum absolute atomic E-state index is 13.1. The summed E-state index contributed by atoms with van der Waals surface area (Å²) in [6, 6.07) is 22.3. The van der Waals surface area contributed by atoms with Crippen LogP contribution in [-0.2, 0) is 4.74 Å². The molecule has 0 amide bonds. The molecule has 0 radical (unpaired) electrons. The van der Waals surface area contributed by atoms with Crippen molar-refractivity contribution in [2.75, 3.05) is 0 Å². The third-order valence-electron chi connectivity index (χ3n) is 4.93. The Morgan fingerprint density at radius 3 is 2.23 bits per heavy atom. The second-order valence-corrected chi connectivity index (χ2v) is 7.15. The van der Waals surface area contributed by atoms with Crippen molar-refractivity contribution in [3.8, 4) is 11.1 Å². The summed E-state index contributed by atoms with van der Waals surface area (Å²) in [5.74, 6) is -1.04. The minimum Gasteiger partial charge on any atom is -0.450 e. The van der Waals surface area contributed by atoms with Crippen LogP contribution in [0.2, 0.25) is 0 Å². The Balaban J connectivity index is 1.78. The summed E-state index contributed by atoms with van der Waals surface area (Å²) in [6.45, 7) is 1.98. The average Bonchev–Trinajstić information content (AvgIpc) is 2.82. The predicted molar refractivity (Wildman–Crippen MR) is 118 cm³/mol. The van der Waals surface area contributed by atoms with E-state index in [1.165, 1.54) is 18.2 Å². The van der Waals surface area contributed by atoms with Gasteiger partial charge < -0.3 is 4.74 Å². The second-order valence-electron chi connectivity index (χ2n) is 7.15. The Hall–Kier alpha value is -3.80. The zero-order chi connectivity index (χ0) is 22.2. The third-order valence-corrected chi connectivity index (χ3v) is 4.93. The van der Waals surface area contributed by atoms with E-state index < -0.39 is 17.0 Å². The number of benzene rings is 3. The fourth-order valence-corrected chi connectivity index (χ4v) is 3.22. The van der Waals surface area contributed by atoms with E-state index in [4.69, 9.17) is 4.74 Å². The molecular weight excluding hydrogens is 394 g/mol. The lowest BCUT2D eigenvalue weighted by molar-refractivity contribution is -0.384. The van der Waals surface area contributed by atoms with Crippen LogP contribution in [0.3, 0.4) is 0 Å². The first-order valence-electron chi connectivity index (χ1n) is 10.1. The summed E-state index contributed by atoms with van der Waals surface area (Å²) < 4.78 is 5.49. The molecule has 6 heteroatoms. The van der Waals surface area contributed by atoms with E-state index in [2.05, 4.69) is 0 Å². The molecular formula is C25H23NO5. The number of Topliss-reactive ketones (excluding diaryl/α,β-unsaturated/α-hetero) is 1. The predicted octanol–water partition coefficient (Wildman–Crippen LogP) is 5.86. The quantitative estimate of drug-likeness (QED) is 0.188. The number of unbranched alkanes of at least 4 members (excludes halogenated alkanes) is 1. The average molecular weight is 417 g/mol. The van der Waals surface area contributed by atoms with Gasteiger partial charge in [0, 0.05) is 17.7 Å². The van der Waals surface area contributed by atoms with Crippen molar-refractivity contribution >= 4 is 17.4 Å². The Kier molecular flexibility index (Phi) is 7.27. The van der Waals surface area contributed by atoms with E-state index in [0.29, 0.717) is 18.4 Å². The van der Waals surface area contributed by atoms with E-state index in [0.717, 1.165) is 23.6 Å². The minimum atomic E-state index is -0.950. The van der Waals surface area contributed by atoms with Gasteiger partial charge in [-0.05, 0) is 30.0 Å². The third kappa shape index (κ3) is 5.63. The highest BCUT2D eigenvalue weighted by Crippen LogP contribution is 2.22. The molecule has 0 unspecified atom stereocenters. The first kappa shape index (κ1) is 21.9. The highest BCUT2D eigenvalue weighted by atomic mass is 16.6. The van der Waals surface area contributed by atoms with Crippen molar-refractivity contribution in [1.29, 1.82) is 0 Å². The number of hydrogen-bond donors (Lipinski definition) is 0. The molecule has 0 aliphatic rings. The maximum atomic E-state index is 13.1. The van der Waals surface area contributed by atoms with Gasteiger partial charge in [0.05, 0.1) is 10.5 Å². The molecule has 3 rings (SSSR count). The molecule has 158 valence electrons. The van der Waals surface area contributed by atoms with Gasteiger partial charge in [0.1, 0.15) is 0 Å². The largest absolute Gasteiger partial charge is 0.450 e. The van der Waals surface area contributed by atoms with E-state index in [1.807, 2.05) is 49.4 Å². The number of ketones is 1. The van der Waals surface area contributed by atoms with Crippen LogP contribution in [0.25, 0.3) is 11.1 Å². The summed E-state index contributed by atoms with van der Waals surface area (Å²) in [5, 5.41) is 11.0. The van der Waals surface area contributed by atoms with Gasteiger partial charge in [0.25, 0.3) is 5.69 Å². The molecule has 0 heterocycles. The summed E-state index contributed by atoms with van der Waals surface area (Å²) in [5.41, 5.74) is 2.31. The van der Waals surface area contributed by atoms with Gasteiger partial charge in [0.2, 0.25) is 5.78 Å². The maximum Gasteiger partial charge on any atom is 0.339 e. The van der Waals surface area contributed by atoms with Crippen molar-refractivity contribution in [1.82, 2.24) is 0 Å². The Morgan fingerprint density at radius 2 is 1.58 bits per heavy atom. The molecule has 3 aromatic rings. The lowest BCUT2D eigenvalue weighted by Crippen LogP contribution is -2.27. The van der Waals surface area contributed by atoms with E-state index in [1.54, 1.807) is 12.1 Å². The molecule has 0 N–H and O–H groups in total.